The quantitative estimate of drug-likeness (QED) is 0.887. The van der Waals surface area contributed by atoms with E-state index in [1.807, 2.05) is 37.3 Å². The van der Waals surface area contributed by atoms with Gasteiger partial charge in [-0.1, -0.05) is 30.3 Å². The van der Waals surface area contributed by atoms with E-state index in [0.717, 1.165) is 38.2 Å². The minimum absolute atomic E-state index is 0.0777. The van der Waals surface area contributed by atoms with Gasteiger partial charge in [-0.05, 0) is 31.2 Å². The Morgan fingerprint density at radius 2 is 2.00 bits per heavy atom. The van der Waals surface area contributed by atoms with Crippen LogP contribution in [0.5, 0.6) is 0 Å². The summed E-state index contributed by atoms with van der Waals surface area (Å²) in [5, 5.41) is 3.06. The summed E-state index contributed by atoms with van der Waals surface area (Å²) in [6.45, 7) is 4.39. The fraction of sp³-hybridized carbons (Fsp3) is 0.533. The molecule has 3 nitrogen and oxygen atoms in total. The van der Waals surface area contributed by atoms with Gasteiger partial charge in [-0.2, -0.15) is 0 Å². The highest BCUT2D eigenvalue weighted by Gasteiger charge is 2.18. The largest absolute Gasteiger partial charge is 0.381 e. The van der Waals surface area contributed by atoms with Gasteiger partial charge in [-0.15, -0.1) is 0 Å². The Balaban J connectivity index is 1.80. The monoisotopic (exact) mass is 247 g/mol. The van der Waals surface area contributed by atoms with Crippen LogP contribution in [-0.2, 0) is 9.53 Å². The lowest BCUT2D eigenvalue weighted by atomic mass is 9.98. The van der Waals surface area contributed by atoms with E-state index in [1.165, 1.54) is 0 Å². The molecule has 1 aliphatic heterocycles. The van der Waals surface area contributed by atoms with Crippen LogP contribution in [0.1, 0.15) is 31.2 Å². The van der Waals surface area contributed by atoms with E-state index >= 15 is 0 Å². The Labute approximate surface area is 109 Å². The molecular formula is C15H21NO2. The van der Waals surface area contributed by atoms with E-state index in [2.05, 4.69) is 5.32 Å². The number of rotatable bonds is 4. The summed E-state index contributed by atoms with van der Waals surface area (Å²) >= 11 is 0. The van der Waals surface area contributed by atoms with Gasteiger partial charge >= 0.3 is 0 Å². The highest BCUT2D eigenvalue weighted by atomic mass is 16.5. The first-order valence-electron chi connectivity index (χ1n) is 6.68. The number of amides is 1. The van der Waals surface area contributed by atoms with Crippen LogP contribution in [0.3, 0.4) is 0 Å². The smallest absolute Gasteiger partial charge is 0.227 e. The van der Waals surface area contributed by atoms with Crippen LogP contribution in [0.25, 0.3) is 0 Å². The Morgan fingerprint density at radius 1 is 1.33 bits per heavy atom. The predicted molar refractivity (Wildman–Crippen MR) is 71.4 cm³/mol. The first-order valence-corrected chi connectivity index (χ1v) is 6.68. The molecule has 3 heteroatoms. The summed E-state index contributed by atoms with van der Waals surface area (Å²) in [6, 6.07) is 9.91. The van der Waals surface area contributed by atoms with Crippen LogP contribution in [0.4, 0.5) is 0 Å². The van der Waals surface area contributed by atoms with Gasteiger partial charge in [-0.25, -0.2) is 0 Å². The number of ether oxygens (including phenoxy) is 1. The van der Waals surface area contributed by atoms with Gasteiger partial charge in [0, 0.05) is 19.8 Å². The molecule has 1 unspecified atom stereocenters. The van der Waals surface area contributed by atoms with E-state index in [0.29, 0.717) is 5.92 Å². The fourth-order valence-corrected chi connectivity index (χ4v) is 2.24. The number of nitrogens with one attached hydrogen (secondary N) is 1. The average Bonchev–Trinajstić information content (AvgIpc) is 2.46. The van der Waals surface area contributed by atoms with Gasteiger partial charge in [0.1, 0.15) is 0 Å². The van der Waals surface area contributed by atoms with Crippen molar-refractivity contribution in [2.45, 2.75) is 25.7 Å². The molecule has 1 aliphatic rings. The van der Waals surface area contributed by atoms with Gasteiger partial charge < -0.3 is 10.1 Å². The molecule has 2 rings (SSSR count). The van der Waals surface area contributed by atoms with Crippen molar-refractivity contribution in [1.29, 1.82) is 0 Å². The molecule has 1 heterocycles. The standard InChI is InChI=1S/C15H21NO2/c1-12(14-5-3-2-4-6-14)15(17)16-11-13-7-9-18-10-8-13/h2-6,12-13H,7-11H2,1H3,(H,16,17). The van der Waals surface area contributed by atoms with Crippen molar-refractivity contribution in [2.24, 2.45) is 5.92 Å². The second-order valence-corrected chi connectivity index (χ2v) is 4.93. The first kappa shape index (κ1) is 13.1. The minimum atomic E-state index is -0.0777. The number of benzene rings is 1. The van der Waals surface area contributed by atoms with Crippen molar-refractivity contribution in [2.75, 3.05) is 19.8 Å². The topological polar surface area (TPSA) is 38.3 Å². The fourth-order valence-electron chi connectivity index (χ4n) is 2.24. The zero-order valence-electron chi connectivity index (χ0n) is 10.9. The molecule has 1 atom stereocenters. The Hall–Kier alpha value is -1.35. The molecule has 0 aromatic heterocycles. The lowest BCUT2D eigenvalue weighted by Gasteiger charge is -2.23. The van der Waals surface area contributed by atoms with Crippen LogP contribution < -0.4 is 5.32 Å². The molecule has 0 saturated carbocycles. The summed E-state index contributed by atoms with van der Waals surface area (Å²) in [4.78, 5) is 12.0. The number of carbonyl (C=O) groups excluding carboxylic acids is 1. The van der Waals surface area contributed by atoms with Crippen molar-refractivity contribution in [3.63, 3.8) is 0 Å². The molecule has 1 saturated heterocycles. The van der Waals surface area contributed by atoms with Crippen LogP contribution in [0, 0.1) is 5.92 Å². The number of hydrogen-bond donors (Lipinski definition) is 1. The van der Waals surface area contributed by atoms with Crippen LogP contribution in [0.15, 0.2) is 30.3 Å². The average molecular weight is 247 g/mol. The first-order chi connectivity index (χ1) is 8.77. The molecule has 0 bridgehead atoms. The highest BCUT2D eigenvalue weighted by Crippen LogP contribution is 2.16. The molecular weight excluding hydrogens is 226 g/mol. The van der Waals surface area contributed by atoms with E-state index in [1.54, 1.807) is 0 Å². The van der Waals surface area contributed by atoms with E-state index in [-0.39, 0.29) is 11.8 Å². The number of carbonyl (C=O) groups is 1. The summed E-state index contributed by atoms with van der Waals surface area (Å²) in [6.07, 6.45) is 2.11. The maximum atomic E-state index is 12.0. The summed E-state index contributed by atoms with van der Waals surface area (Å²) in [5.41, 5.74) is 1.07. The summed E-state index contributed by atoms with van der Waals surface area (Å²) < 4.78 is 5.31. The van der Waals surface area contributed by atoms with Crippen molar-refractivity contribution < 1.29 is 9.53 Å². The molecule has 18 heavy (non-hydrogen) atoms. The zero-order valence-corrected chi connectivity index (χ0v) is 10.9. The van der Waals surface area contributed by atoms with E-state index in [4.69, 9.17) is 4.74 Å². The second-order valence-electron chi connectivity index (χ2n) is 4.93. The molecule has 1 N–H and O–H groups in total. The van der Waals surface area contributed by atoms with Crippen LogP contribution in [-0.4, -0.2) is 25.7 Å². The third-order valence-corrected chi connectivity index (χ3v) is 3.60. The zero-order chi connectivity index (χ0) is 12.8. The highest BCUT2D eigenvalue weighted by molar-refractivity contribution is 5.83. The molecule has 98 valence electrons. The molecule has 1 aromatic rings. The third-order valence-electron chi connectivity index (χ3n) is 3.60. The van der Waals surface area contributed by atoms with Crippen molar-refractivity contribution in [3.05, 3.63) is 35.9 Å². The lowest BCUT2D eigenvalue weighted by molar-refractivity contribution is -0.122. The second kappa shape index (κ2) is 6.55. The predicted octanol–water partition coefficient (Wildman–Crippen LogP) is 2.33. The molecule has 1 fully saturated rings. The minimum Gasteiger partial charge on any atom is -0.381 e. The summed E-state index contributed by atoms with van der Waals surface area (Å²) in [5.74, 6) is 0.615. The van der Waals surface area contributed by atoms with Gasteiger partial charge in [-0.3, -0.25) is 4.79 Å². The Kier molecular flexibility index (Phi) is 4.76. The van der Waals surface area contributed by atoms with Gasteiger partial charge in [0.25, 0.3) is 0 Å². The van der Waals surface area contributed by atoms with Crippen molar-refractivity contribution >= 4 is 5.91 Å². The van der Waals surface area contributed by atoms with Crippen molar-refractivity contribution in [3.8, 4) is 0 Å². The number of hydrogen-bond acceptors (Lipinski definition) is 2. The normalized spacial score (nSPS) is 18.3. The van der Waals surface area contributed by atoms with Crippen LogP contribution >= 0.6 is 0 Å². The molecule has 0 spiro atoms. The Morgan fingerprint density at radius 3 is 2.67 bits per heavy atom. The molecule has 0 radical (unpaired) electrons. The van der Waals surface area contributed by atoms with Crippen LogP contribution in [0.2, 0.25) is 0 Å². The van der Waals surface area contributed by atoms with E-state index < -0.39 is 0 Å². The SMILES string of the molecule is CC(C(=O)NCC1CCOCC1)c1ccccc1. The van der Waals surface area contributed by atoms with Crippen molar-refractivity contribution in [1.82, 2.24) is 5.32 Å². The molecule has 1 amide bonds. The Bertz CT molecular complexity index is 371. The maximum absolute atomic E-state index is 12.0. The van der Waals surface area contributed by atoms with Gasteiger partial charge in [0.2, 0.25) is 5.91 Å². The van der Waals surface area contributed by atoms with E-state index in [9.17, 15) is 4.79 Å². The summed E-state index contributed by atoms with van der Waals surface area (Å²) in [7, 11) is 0. The molecule has 1 aromatic carbocycles. The third kappa shape index (κ3) is 3.57. The van der Waals surface area contributed by atoms with Gasteiger partial charge in [0.05, 0.1) is 5.92 Å². The van der Waals surface area contributed by atoms with Gasteiger partial charge in [0.15, 0.2) is 0 Å². The maximum Gasteiger partial charge on any atom is 0.227 e. The lowest BCUT2D eigenvalue weighted by Crippen LogP contribution is -2.34. The molecule has 0 aliphatic carbocycles.